The first kappa shape index (κ1) is 16.0. The summed E-state index contributed by atoms with van der Waals surface area (Å²) in [4.78, 5) is 25.9. The number of nitrogens with zero attached hydrogens (tertiary/aromatic N) is 4. The molecule has 0 saturated heterocycles. The summed E-state index contributed by atoms with van der Waals surface area (Å²) in [5, 5.41) is 7.77. The highest BCUT2D eigenvalue weighted by Crippen LogP contribution is 2.34. The molecule has 2 heterocycles. The largest absolute Gasteiger partial charge is 0.478 e. The fourth-order valence-corrected chi connectivity index (χ4v) is 2.61. The molecule has 1 aromatic heterocycles. The molecule has 24 heavy (non-hydrogen) atoms. The van der Waals surface area contributed by atoms with Crippen LogP contribution in [0.4, 0.5) is 5.69 Å². The molecular weight excluding hydrogens is 312 g/mol. The minimum atomic E-state index is -0.880. The van der Waals surface area contributed by atoms with Crippen LogP contribution in [-0.4, -0.2) is 46.4 Å². The van der Waals surface area contributed by atoms with Gasteiger partial charge in [0, 0.05) is 13.1 Å². The van der Waals surface area contributed by atoms with Crippen LogP contribution in [0.25, 0.3) is 0 Å². The van der Waals surface area contributed by atoms with Crippen molar-refractivity contribution in [3.05, 3.63) is 36.4 Å². The number of carbonyl (C=O) groups is 2. The van der Waals surface area contributed by atoms with Crippen LogP contribution < -0.4 is 9.64 Å². The summed E-state index contributed by atoms with van der Waals surface area (Å²) in [6, 6.07) is 7.27. The zero-order chi connectivity index (χ0) is 17.1. The Labute approximate surface area is 139 Å². The molecule has 126 valence electrons. The number of carbonyl (C=O) groups excluding carboxylic acids is 2. The van der Waals surface area contributed by atoms with E-state index in [0.717, 1.165) is 5.82 Å². The summed E-state index contributed by atoms with van der Waals surface area (Å²) in [6.07, 6.45) is 0.624. The van der Waals surface area contributed by atoms with Gasteiger partial charge in [0.25, 0.3) is 5.91 Å². The number of aromatic nitrogens is 3. The molecular formula is C16H18N4O4. The molecule has 1 amide bonds. The molecule has 0 fully saturated rings. The van der Waals surface area contributed by atoms with Gasteiger partial charge in [0.15, 0.2) is 6.10 Å². The van der Waals surface area contributed by atoms with Gasteiger partial charge in [0.1, 0.15) is 17.9 Å². The Kier molecular flexibility index (Phi) is 4.45. The van der Waals surface area contributed by atoms with Gasteiger partial charge < -0.3 is 18.9 Å². The highest BCUT2D eigenvalue weighted by atomic mass is 16.5. The molecule has 0 saturated carbocycles. The molecule has 0 aliphatic carbocycles. The fraction of sp³-hybridized carbons (Fsp3) is 0.375. The summed E-state index contributed by atoms with van der Waals surface area (Å²) in [5.74, 6) is 0.605. The number of aryl methyl sites for hydroxylation is 1. The number of fused-ring (bicyclic) bond motifs is 1. The highest BCUT2D eigenvalue weighted by Gasteiger charge is 2.35. The number of ether oxygens (including phenoxy) is 2. The van der Waals surface area contributed by atoms with Crippen molar-refractivity contribution in [2.24, 2.45) is 0 Å². The molecule has 0 spiro atoms. The molecule has 3 rings (SSSR count). The predicted octanol–water partition coefficient (Wildman–Crippen LogP) is 0.944. The second-order valence-electron chi connectivity index (χ2n) is 5.42. The van der Waals surface area contributed by atoms with Gasteiger partial charge >= 0.3 is 5.97 Å². The SMILES string of the molecule is COC(=O)C[C@H]1Oc2ccccc2N(CCn2cnnc2C)C1=O. The van der Waals surface area contributed by atoms with E-state index >= 15 is 0 Å². The lowest BCUT2D eigenvalue weighted by Crippen LogP contribution is -2.48. The molecule has 8 nitrogen and oxygen atoms in total. The van der Waals surface area contributed by atoms with Crippen LogP contribution >= 0.6 is 0 Å². The molecule has 0 bridgehead atoms. The van der Waals surface area contributed by atoms with Gasteiger partial charge in [0.05, 0.1) is 19.2 Å². The van der Waals surface area contributed by atoms with Crippen LogP contribution in [0, 0.1) is 6.92 Å². The number of hydrogen-bond acceptors (Lipinski definition) is 6. The Morgan fingerprint density at radius 3 is 2.83 bits per heavy atom. The van der Waals surface area contributed by atoms with Crippen molar-refractivity contribution in [3.8, 4) is 5.75 Å². The van der Waals surface area contributed by atoms with Gasteiger partial charge in [-0.3, -0.25) is 9.59 Å². The zero-order valence-electron chi connectivity index (χ0n) is 13.5. The summed E-state index contributed by atoms with van der Waals surface area (Å²) < 4.78 is 12.2. The second kappa shape index (κ2) is 6.69. The van der Waals surface area contributed by atoms with E-state index in [2.05, 4.69) is 14.9 Å². The van der Waals surface area contributed by atoms with Crippen LogP contribution in [0.1, 0.15) is 12.2 Å². The number of amides is 1. The standard InChI is InChI=1S/C16H18N4O4/c1-11-18-17-10-19(11)7-8-20-12-5-3-4-6-13(12)24-14(16(20)22)9-15(21)23-2/h3-6,10,14H,7-9H2,1-2H3/t14-/m1/s1. The normalized spacial score (nSPS) is 16.5. The van der Waals surface area contributed by atoms with Gasteiger partial charge in [-0.1, -0.05) is 12.1 Å². The smallest absolute Gasteiger partial charge is 0.309 e. The Hall–Kier alpha value is -2.90. The maximum absolute atomic E-state index is 12.7. The van der Waals surface area contributed by atoms with Crippen molar-refractivity contribution >= 4 is 17.6 Å². The third-order valence-corrected chi connectivity index (χ3v) is 3.92. The minimum Gasteiger partial charge on any atom is -0.478 e. The number of benzene rings is 1. The van der Waals surface area contributed by atoms with E-state index in [1.807, 2.05) is 29.7 Å². The van der Waals surface area contributed by atoms with E-state index in [-0.39, 0.29) is 12.3 Å². The predicted molar refractivity (Wildman–Crippen MR) is 84.6 cm³/mol. The van der Waals surface area contributed by atoms with E-state index in [4.69, 9.17) is 4.74 Å². The summed E-state index contributed by atoms with van der Waals surface area (Å²) in [5.41, 5.74) is 0.689. The first-order valence-electron chi connectivity index (χ1n) is 7.58. The monoisotopic (exact) mass is 330 g/mol. The summed E-state index contributed by atoms with van der Waals surface area (Å²) in [7, 11) is 1.29. The summed E-state index contributed by atoms with van der Waals surface area (Å²) in [6.45, 7) is 2.82. The average Bonchev–Trinajstić information content (AvgIpc) is 3.00. The molecule has 0 radical (unpaired) electrons. The number of rotatable bonds is 5. The fourth-order valence-electron chi connectivity index (χ4n) is 2.61. The Balaban J connectivity index is 1.83. The van der Waals surface area contributed by atoms with E-state index in [9.17, 15) is 9.59 Å². The molecule has 1 aliphatic rings. The molecule has 1 aromatic carbocycles. The van der Waals surface area contributed by atoms with Crippen molar-refractivity contribution in [1.29, 1.82) is 0 Å². The average molecular weight is 330 g/mol. The molecule has 1 atom stereocenters. The Morgan fingerprint density at radius 2 is 2.12 bits per heavy atom. The van der Waals surface area contributed by atoms with Gasteiger partial charge in [-0.25, -0.2) is 0 Å². The first-order chi connectivity index (χ1) is 11.6. The number of para-hydroxylation sites is 2. The summed E-state index contributed by atoms with van der Waals surface area (Å²) >= 11 is 0. The van der Waals surface area contributed by atoms with Crippen molar-refractivity contribution < 1.29 is 19.1 Å². The van der Waals surface area contributed by atoms with Crippen LogP contribution in [0.2, 0.25) is 0 Å². The molecule has 8 heteroatoms. The second-order valence-corrected chi connectivity index (χ2v) is 5.42. The maximum Gasteiger partial charge on any atom is 0.309 e. The lowest BCUT2D eigenvalue weighted by atomic mass is 10.1. The lowest BCUT2D eigenvalue weighted by Gasteiger charge is -2.34. The van der Waals surface area contributed by atoms with Crippen LogP contribution in [0.15, 0.2) is 30.6 Å². The van der Waals surface area contributed by atoms with Crippen molar-refractivity contribution in [2.45, 2.75) is 26.0 Å². The quantitative estimate of drug-likeness (QED) is 0.759. The lowest BCUT2D eigenvalue weighted by molar-refractivity contribution is -0.145. The van der Waals surface area contributed by atoms with Crippen molar-refractivity contribution in [3.63, 3.8) is 0 Å². The molecule has 0 N–H and O–H groups in total. The third-order valence-electron chi connectivity index (χ3n) is 3.92. The third kappa shape index (κ3) is 3.08. The number of hydrogen-bond donors (Lipinski definition) is 0. The molecule has 0 unspecified atom stereocenters. The van der Waals surface area contributed by atoms with E-state index in [1.54, 1.807) is 17.3 Å². The van der Waals surface area contributed by atoms with E-state index in [1.165, 1.54) is 7.11 Å². The number of esters is 1. The van der Waals surface area contributed by atoms with Gasteiger partial charge in [0.2, 0.25) is 0 Å². The van der Waals surface area contributed by atoms with Gasteiger partial charge in [-0.2, -0.15) is 0 Å². The Morgan fingerprint density at radius 1 is 1.33 bits per heavy atom. The number of anilines is 1. The molecule has 2 aromatic rings. The maximum atomic E-state index is 12.7. The first-order valence-corrected chi connectivity index (χ1v) is 7.58. The van der Waals surface area contributed by atoms with Gasteiger partial charge in [-0.15, -0.1) is 10.2 Å². The van der Waals surface area contributed by atoms with E-state index < -0.39 is 12.1 Å². The van der Waals surface area contributed by atoms with E-state index in [0.29, 0.717) is 24.5 Å². The zero-order valence-corrected chi connectivity index (χ0v) is 13.5. The van der Waals surface area contributed by atoms with Crippen LogP contribution in [0.3, 0.4) is 0 Å². The Bertz CT molecular complexity index is 758. The van der Waals surface area contributed by atoms with Gasteiger partial charge in [-0.05, 0) is 19.1 Å². The van der Waals surface area contributed by atoms with Crippen LogP contribution in [-0.2, 0) is 20.9 Å². The molecule has 1 aliphatic heterocycles. The number of methoxy groups -OCH3 is 1. The van der Waals surface area contributed by atoms with Crippen LogP contribution in [0.5, 0.6) is 5.75 Å². The van der Waals surface area contributed by atoms with Crippen molar-refractivity contribution in [2.75, 3.05) is 18.6 Å². The van der Waals surface area contributed by atoms with Crippen molar-refractivity contribution in [1.82, 2.24) is 14.8 Å². The minimum absolute atomic E-state index is 0.119. The topological polar surface area (TPSA) is 86.6 Å². The highest BCUT2D eigenvalue weighted by molar-refractivity contribution is 6.01.